The van der Waals surface area contributed by atoms with Gasteiger partial charge >= 0.3 is 0 Å². The average molecular weight is 555 g/mol. The van der Waals surface area contributed by atoms with Crippen LogP contribution in [-0.4, -0.2) is 58.1 Å². The van der Waals surface area contributed by atoms with Gasteiger partial charge in [-0.1, -0.05) is 6.07 Å². The van der Waals surface area contributed by atoms with E-state index in [0.717, 1.165) is 49.0 Å². The molecule has 2 aliphatic rings. The highest BCUT2D eigenvalue weighted by Gasteiger charge is 2.34. The number of hydrogen-bond donors (Lipinski definition) is 3. The third-order valence-corrected chi connectivity index (χ3v) is 8.49. The number of carbonyl (C=O) groups is 2. The van der Waals surface area contributed by atoms with Crippen LogP contribution in [0.15, 0.2) is 47.8 Å². The summed E-state index contributed by atoms with van der Waals surface area (Å²) in [6.07, 6.45) is 2.41. The van der Waals surface area contributed by atoms with Gasteiger partial charge in [0.2, 0.25) is 0 Å². The molecule has 0 bridgehead atoms. The van der Waals surface area contributed by atoms with Crippen molar-refractivity contribution in [1.82, 2.24) is 20.5 Å². The Labute approximate surface area is 230 Å². The SMILES string of the molecule is Cc1csc(C2CCCN2C(=O)c2cccc(C(=O)NC(Cc3cc(F)cc(F)c3)C(O)C3CCCN3)c2)n1. The fraction of sp³-hybridized carbons (Fsp3) is 0.414. The summed E-state index contributed by atoms with van der Waals surface area (Å²) in [5, 5.41) is 20.1. The number of nitrogens with one attached hydrogen (secondary N) is 2. The first-order valence-electron chi connectivity index (χ1n) is 13.3. The van der Waals surface area contributed by atoms with Gasteiger partial charge in [-0.15, -0.1) is 11.3 Å². The van der Waals surface area contributed by atoms with E-state index in [1.807, 2.05) is 17.2 Å². The number of halogens is 2. The number of nitrogens with zero attached hydrogens (tertiary/aromatic N) is 2. The van der Waals surface area contributed by atoms with Gasteiger partial charge in [-0.05, 0) is 81.5 Å². The number of likely N-dealkylation sites (tertiary alicyclic amines) is 1. The number of rotatable bonds is 8. The number of benzene rings is 2. The molecule has 10 heteroatoms. The fourth-order valence-corrected chi connectivity index (χ4v) is 6.47. The van der Waals surface area contributed by atoms with Gasteiger partial charge in [0.1, 0.15) is 16.6 Å². The van der Waals surface area contributed by atoms with Crippen LogP contribution in [0, 0.1) is 18.6 Å². The molecular formula is C29H32F2N4O3S. The van der Waals surface area contributed by atoms with Crippen molar-refractivity contribution in [2.24, 2.45) is 0 Å². The average Bonchev–Trinajstić information content (AvgIpc) is 3.69. The predicted octanol–water partition coefficient (Wildman–Crippen LogP) is 4.16. The van der Waals surface area contributed by atoms with Crippen LogP contribution in [0.3, 0.4) is 0 Å². The van der Waals surface area contributed by atoms with Crippen LogP contribution in [-0.2, 0) is 6.42 Å². The summed E-state index contributed by atoms with van der Waals surface area (Å²) in [7, 11) is 0. The number of hydrogen-bond acceptors (Lipinski definition) is 6. The van der Waals surface area contributed by atoms with Crippen LogP contribution < -0.4 is 10.6 Å². The molecule has 3 heterocycles. The van der Waals surface area contributed by atoms with Crippen LogP contribution in [0.5, 0.6) is 0 Å². The summed E-state index contributed by atoms with van der Waals surface area (Å²) in [6.45, 7) is 3.30. The number of thiazole rings is 1. The van der Waals surface area contributed by atoms with E-state index in [0.29, 0.717) is 17.7 Å². The molecule has 1 aromatic heterocycles. The van der Waals surface area contributed by atoms with Crippen LogP contribution in [0.25, 0.3) is 0 Å². The second-order valence-electron chi connectivity index (χ2n) is 10.3. The van der Waals surface area contributed by atoms with Crippen LogP contribution in [0.1, 0.15) is 68.7 Å². The van der Waals surface area contributed by atoms with E-state index in [2.05, 4.69) is 15.6 Å². The molecular weight excluding hydrogens is 522 g/mol. The van der Waals surface area contributed by atoms with E-state index in [-0.39, 0.29) is 30.0 Å². The maximum absolute atomic E-state index is 13.9. The van der Waals surface area contributed by atoms with E-state index in [1.165, 1.54) is 12.1 Å². The molecule has 2 aromatic carbocycles. The molecule has 3 N–H and O–H groups in total. The number of aryl methyl sites for hydroxylation is 1. The zero-order chi connectivity index (χ0) is 27.5. The van der Waals surface area contributed by atoms with Gasteiger partial charge in [-0.25, -0.2) is 13.8 Å². The molecule has 2 fully saturated rings. The third kappa shape index (κ3) is 6.34. The number of aliphatic hydroxyl groups is 1. The number of aliphatic hydroxyl groups excluding tert-OH is 1. The van der Waals surface area contributed by atoms with Crippen molar-refractivity contribution < 1.29 is 23.5 Å². The maximum atomic E-state index is 13.9. The van der Waals surface area contributed by atoms with Crippen molar-refractivity contribution in [3.05, 3.63) is 86.9 Å². The van der Waals surface area contributed by atoms with Gasteiger partial charge in [0, 0.05) is 40.9 Å². The number of carbonyl (C=O) groups excluding carboxylic acids is 2. The first-order chi connectivity index (χ1) is 18.8. The molecule has 7 nitrogen and oxygen atoms in total. The molecule has 2 aliphatic heterocycles. The van der Waals surface area contributed by atoms with Crippen LogP contribution >= 0.6 is 11.3 Å². The lowest BCUT2D eigenvalue weighted by atomic mass is 9.95. The largest absolute Gasteiger partial charge is 0.389 e. The highest BCUT2D eigenvalue weighted by Crippen LogP contribution is 2.34. The van der Waals surface area contributed by atoms with Gasteiger partial charge < -0.3 is 20.6 Å². The molecule has 2 saturated heterocycles. The highest BCUT2D eigenvalue weighted by atomic mass is 32.1. The Morgan fingerprint density at radius 2 is 1.92 bits per heavy atom. The van der Waals surface area contributed by atoms with E-state index in [9.17, 15) is 23.5 Å². The van der Waals surface area contributed by atoms with Crippen LogP contribution in [0.2, 0.25) is 0 Å². The molecule has 5 rings (SSSR count). The molecule has 39 heavy (non-hydrogen) atoms. The zero-order valence-electron chi connectivity index (χ0n) is 21.7. The van der Waals surface area contributed by atoms with Gasteiger partial charge in [0.05, 0.1) is 18.2 Å². The molecule has 3 aromatic rings. The Bertz CT molecular complexity index is 1320. The molecule has 206 valence electrons. The first-order valence-corrected chi connectivity index (χ1v) is 14.2. The quantitative estimate of drug-likeness (QED) is 0.389. The molecule has 0 radical (unpaired) electrons. The number of aromatic nitrogens is 1. The second-order valence-corrected chi connectivity index (χ2v) is 11.2. The minimum atomic E-state index is -0.972. The monoisotopic (exact) mass is 554 g/mol. The lowest BCUT2D eigenvalue weighted by molar-refractivity contribution is 0.0733. The molecule has 0 aliphatic carbocycles. The minimum Gasteiger partial charge on any atom is -0.389 e. The Morgan fingerprint density at radius 3 is 2.62 bits per heavy atom. The smallest absolute Gasteiger partial charge is 0.254 e. The topological polar surface area (TPSA) is 94.6 Å². The fourth-order valence-electron chi connectivity index (χ4n) is 5.53. The van der Waals surface area contributed by atoms with Gasteiger partial charge in [0.15, 0.2) is 0 Å². The summed E-state index contributed by atoms with van der Waals surface area (Å²) in [6, 6.07) is 8.57. The summed E-state index contributed by atoms with van der Waals surface area (Å²) in [5.41, 5.74) is 1.92. The van der Waals surface area contributed by atoms with Crippen molar-refractivity contribution in [2.45, 2.75) is 63.3 Å². The predicted molar refractivity (Wildman–Crippen MR) is 145 cm³/mol. The van der Waals surface area contributed by atoms with Crippen molar-refractivity contribution in [3.8, 4) is 0 Å². The maximum Gasteiger partial charge on any atom is 0.254 e. The molecule has 2 amide bonds. The Balaban J connectivity index is 1.34. The summed E-state index contributed by atoms with van der Waals surface area (Å²) >= 11 is 1.55. The lowest BCUT2D eigenvalue weighted by Gasteiger charge is -2.29. The molecule has 4 unspecified atom stereocenters. The standard InChI is InChI=1S/C29H32F2N4O3S/c1-17-16-39-28(33-17)25-8-4-10-35(25)29(38)20-6-2-5-19(14-20)27(37)34-24(26(36)23-7-3-9-32-23)13-18-11-21(30)15-22(31)12-18/h2,5-6,11-12,14-16,23-26,32,36H,3-4,7-10,13H2,1H3,(H,34,37). The normalized spacial score (nSPS) is 20.7. The van der Waals surface area contributed by atoms with E-state index in [4.69, 9.17) is 0 Å². The Hall–Kier alpha value is -3.21. The van der Waals surface area contributed by atoms with Gasteiger partial charge in [-0.3, -0.25) is 9.59 Å². The Kier molecular flexibility index (Phi) is 8.34. The lowest BCUT2D eigenvalue weighted by Crippen LogP contribution is -2.52. The molecule has 4 atom stereocenters. The second kappa shape index (κ2) is 11.9. The van der Waals surface area contributed by atoms with E-state index in [1.54, 1.807) is 35.6 Å². The van der Waals surface area contributed by atoms with E-state index >= 15 is 0 Å². The van der Waals surface area contributed by atoms with E-state index < -0.39 is 29.7 Å². The number of amides is 2. The third-order valence-electron chi connectivity index (χ3n) is 7.42. The molecule has 0 spiro atoms. The zero-order valence-corrected chi connectivity index (χ0v) is 22.5. The first kappa shape index (κ1) is 27.4. The highest BCUT2D eigenvalue weighted by molar-refractivity contribution is 7.09. The van der Waals surface area contributed by atoms with Crippen molar-refractivity contribution in [3.63, 3.8) is 0 Å². The molecule has 0 saturated carbocycles. The summed E-state index contributed by atoms with van der Waals surface area (Å²) in [4.78, 5) is 33.2. The van der Waals surface area contributed by atoms with Gasteiger partial charge in [0.25, 0.3) is 11.8 Å². The van der Waals surface area contributed by atoms with Crippen LogP contribution in [0.4, 0.5) is 8.78 Å². The minimum absolute atomic E-state index is 0.0427. The van der Waals surface area contributed by atoms with Crippen molar-refractivity contribution >= 4 is 23.2 Å². The van der Waals surface area contributed by atoms with Crippen molar-refractivity contribution in [2.75, 3.05) is 13.1 Å². The summed E-state index contributed by atoms with van der Waals surface area (Å²) < 4.78 is 27.7. The van der Waals surface area contributed by atoms with Crippen molar-refractivity contribution in [1.29, 1.82) is 0 Å². The van der Waals surface area contributed by atoms with Gasteiger partial charge in [-0.2, -0.15) is 0 Å². The Morgan fingerprint density at radius 1 is 1.15 bits per heavy atom. The summed E-state index contributed by atoms with van der Waals surface area (Å²) in [5.74, 6) is -2.08.